The van der Waals surface area contributed by atoms with E-state index in [9.17, 15) is 0 Å². The van der Waals surface area contributed by atoms with Crippen LogP contribution < -0.4 is 11.3 Å². The molecule has 1 aromatic carbocycles. The highest BCUT2D eigenvalue weighted by Gasteiger charge is 2.35. The van der Waals surface area contributed by atoms with Gasteiger partial charge >= 0.3 is 0 Å². The number of rotatable bonds is 4. The third kappa shape index (κ3) is 3.32. The smallest absolute Gasteiger partial charge is 0.0488 e. The van der Waals surface area contributed by atoms with E-state index in [1.54, 1.807) is 0 Å². The molecule has 4 unspecified atom stereocenters. The molecule has 0 aliphatic heterocycles. The molecule has 0 amide bonds. The van der Waals surface area contributed by atoms with Gasteiger partial charge in [-0.1, -0.05) is 56.9 Å². The van der Waals surface area contributed by atoms with Crippen molar-refractivity contribution in [3.8, 4) is 0 Å². The van der Waals surface area contributed by atoms with E-state index in [1.165, 1.54) is 56.1 Å². The van der Waals surface area contributed by atoms with Gasteiger partial charge in [0.1, 0.15) is 0 Å². The molecule has 2 aliphatic rings. The Balaban J connectivity index is 1.70. The summed E-state index contributed by atoms with van der Waals surface area (Å²) in [5.74, 6) is 8.61. The maximum Gasteiger partial charge on any atom is 0.0488 e. The van der Waals surface area contributed by atoms with Crippen LogP contribution in [0.5, 0.6) is 0 Å². The fourth-order valence-electron chi connectivity index (χ4n) is 4.68. The van der Waals surface area contributed by atoms with E-state index < -0.39 is 0 Å². The number of fused-ring (bicyclic) bond motifs is 1. The molecule has 2 aliphatic carbocycles. The van der Waals surface area contributed by atoms with E-state index in [-0.39, 0.29) is 0 Å². The molecule has 116 valence electrons. The summed E-state index contributed by atoms with van der Waals surface area (Å²) >= 11 is 0. The third-order valence-corrected chi connectivity index (χ3v) is 5.98. The number of hydrogen-bond donors (Lipinski definition) is 2. The highest BCUT2D eigenvalue weighted by Crippen LogP contribution is 2.45. The normalized spacial score (nSPS) is 30.7. The molecule has 1 aromatic rings. The van der Waals surface area contributed by atoms with Gasteiger partial charge in [0.2, 0.25) is 0 Å². The van der Waals surface area contributed by atoms with Gasteiger partial charge in [0.15, 0.2) is 0 Å². The van der Waals surface area contributed by atoms with Gasteiger partial charge in [0.05, 0.1) is 0 Å². The van der Waals surface area contributed by atoms with Crippen LogP contribution in [0.3, 0.4) is 0 Å². The van der Waals surface area contributed by atoms with Crippen molar-refractivity contribution in [2.75, 3.05) is 0 Å². The van der Waals surface area contributed by atoms with Crippen molar-refractivity contribution < 1.29 is 0 Å². The van der Waals surface area contributed by atoms with Crippen LogP contribution in [0.4, 0.5) is 0 Å². The summed E-state index contributed by atoms with van der Waals surface area (Å²) in [5.41, 5.74) is 5.90. The Kier molecular flexibility index (Phi) is 4.97. The molecule has 2 fully saturated rings. The molecule has 3 rings (SSSR count). The number of nitrogens with two attached hydrogens (primary N) is 1. The van der Waals surface area contributed by atoms with Crippen molar-refractivity contribution in [2.24, 2.45) is 23.6 Å². The summed E-state index contributed by atoms with van der Waals surface area (Å²) in [6.07, 6.45) is 11.1. The largest absolute Gasteiger partial charge is 0.271 e. The molecule has 4 atom stereocenters. The van der Waals surface area contributed by atoms with Crippen LogP contribution in [0.25, 0.3) is 0 Å². The zero-order valence-electron chi connectivity index (χ0n) is 13.4. The molecule has 0 saturated heterocycles. The van der Waals surface area contributed by atoms with Crippen LogP contribution in [0.1, 0.15) is 69.0 Å². The molecule has 0 aromatic heterocycles. The minimum Gasteiger partial charge on any atom is -0.271 e. The average Bonchev–Trinajstić information content (AvgIpc) is 2.56. The summed E-state index contributed by atoms with van der Waals surface area (Å²) in [5, 5.41) is 0. The second-order valence-electron chi connectivity index (χ2n) is 7.12. The molecular formula is C19H30N2. The Bertz CT molecular complexity index is 439. The molecule has 3 N–H and O–H groups in total. The van der Waals surface area contributed by atoms with Crippen molar-refractivity contribution in [1.29, 1.82) is 0 Å². The van der Waals surface area contributed by atoms with E-state index in [1.807, 2.05) is 0 Å². The van der Waals surface area contributed by atoms with E-state index in [0.717, 1.165) is 18.3 Å². The summed E-state index contributed by atoms with van der Waals surface area (Å²) < 4.78 is 0. The molecule has 0 spiro atoms. The molecule has 21 heavy (non-hydrogen) atoms. The molecule has 2 heteroatoms. The van der Waals surface area contributed by atoms with Gasteiger partial charge in [-0.2, -0.15) is 0 Å². The predicted molar refractivity (Wildman–Crippen MR) is 88.7 cm³/mol. The number of hydrazine groups is 1. The van der Waals surface area contributed by atoms with Crippen molar-refractivity contribution in [3.63, 3.8) is 0 Å². The van der Waals surface area contributed by atoms with Gasteiger partial charge < -0.3 is 0 Å². The lowest BCUT2D eigenvalue weighted by Gasteiger charge is -2.42. The standard InChI is InChI=1S/C19H30N2/c1-2-14-7-9-16(10-8-14)19(21-20)18-12-11-15-5-3-4-6-17(15)13-18/h7-10,15,17-19,21H,2-6,11-13,20H2,1H3. The fraction of sp³-hybridized carbons (Fsp3) is 0.684. The van der Waals surface area contributed by atoms with Crippen LogP contribution in [-0.2, 0) is 6.42 Å². The van der Waals surface area contributed by atoms with Gasteiger partial charge in [-0.25, -0.2) is 0 Å². The van der Waals surface area contributed by atoms with Crippen molar-refractivity contribution in [3.05, 3.63) is 35.4 Å². The van der Waals surface area contributed by atoms with Gasteiger partial charge in [-0.3, -0.25) is 11.3 Å². The summed E-state index contributed by atoms with van der Waals surface area (Å²) in [6.45, 7) is 2.21. The van der Waals surface area contributed by atoms with Crippen molar-refractivity contribution in [2.45, 2.75) is 64.3 Å². The Morgan fingerprint density at radius 2 is 1.76 bits per heavy atom. The number of hydrogen-bond acceptors (Lipinski definition) is 2. The van der Waals surface area contributed by atoms with E-state index >= 15 is 0 Å². The number of aryl methyl sites for hydroxylation is 1. The van der Waals surface area contributed by atoms with Crippen molar-refractivity contribution in [1.82, 2.24) is 5.43 Å². The lowest BCUT2D eigenvalue weighted by molar-refractivity contribution is 0.109. The molecule has 2 saturated carbocycles. The lowest BCUT2D eigenvalue weighted by atomic mass is 9.65. The van der Waals surface area contributed by atoms with Gasteiger partial charge in [-0.05, 0) is 54.6 Å². The quantitative estimate of drug-likeness (QED) is 0.637. The van der Waals surface area contributed by atoms with Gasteiger partial charge in [0, 0.05) is 6.04 Å². The first-order chi connectivity index (χ1) is 10.3. The van der Waals surface area contributed by atoms with Crippen LogP contribution in [0, 0.1) is 17.8 Å². The summed E-state index contributed by atoms with van der Waals surface area (Å²) in [4.78, 5) is 0. The topological polar surface area (TPSA) is 38.0 Å². The molecular weight excluding hydrogens is 256 g/mol. The van der Waals surface area contributed by atoms with E-state index in [2.05, 4.69) is 36.6 Å². The monoisotopic (exact) mass is 286 g/mol. The first kappa shape index (κ1) is 15.1. The summed E-state index contributed by atoms with van der Waals surface area (Å²) in [7, 11) is 0. The summed E-state index contributed by atoms with van der Waals surface area (Å²) in [6, 6.07) is 9.39. The maximum atomic E-state index is 5.92. The highest BCUT2D eigenvalue weighted by molar-refractivity contribution is 5.25. The Morgan fingerprint density at radius 1 is 1.05 bits per heavy atom. The SMILES string of the molecule is CCc1ccc(C(NN)C2CCC3CCCCC3C2)cc1. The second-order valence-corrected chi connectivity index (χ2v) is 7.12. The highest BCUT2D eigenvalue weighted by atomic mass is 15.2. The zero-order chi connectivity index (χ0) is 14.7. The van der Waals surface area contributed by atoms with Crippen LogP contribution in [-0.4, -0.2) is 0 Å². The minimum absolute atomic E-state index is 0.332. The zero-order valence-corrected chi connectivity index (χ0v) is 13.4. The van der Waals surface area contributed by atoms with Crippen LogP contribution >= 0.6 is 0 Å². The fourth-order valence-corrected chi connectivity index (χ4v) is 4.68. The maximum absolute atomic E-state index is 5.92. The Morgan fingerprint density at radius 3 is 2.43 bits per heavy atom. The molecule has 2 nitrogen and oxygen atoms in total. The average molecular weight is 286 g/mol. The molecule has 0 radical (unpaired) electrons. The lowest BCUT2D eigenvalue weighted by Crippen LogP contribution is -2.38. The first-order valence-electron chi connectivity index (χ1n) is 8.86. The Hall–Kier alpha value is -0.860. The molecule has 0 heterocycles. The predicted octanol–water partition coefficient (Wildman–Crippen LogP) is 4.36. The second kappa shape index (κ2) is 6.93. The van der Waals surface area contributed by atoms with Crippen LogP contribution in [0.2, 0.25) is 0 Å². The van der Waals surface area contributed by atoms with Crippen molar-refractivity contribution >= 4 is 0 Å². The van der Waals surface area contributed by atoms with Crippen LogP contribution in [0.15, 0.2) is 24.3 Å². The van der Waals surface area contributed by atoms with Gasteiger partial charge in [-0.15, -0.1) is 0 Å². The third-order valence-electron chi connectivity index (χ3n) is 5.98. The number of benzene rings is 1. The molecule has 0 bridgehead atoms. The van der Waals surface area contributed by atoms with Gasteiger partial charge in [0.25, 0.3) is 0 Å². The first-order valence-corrected chi connectivity index (χ1v) is 8.86. The minimum atomic E-state index is 0.332. The number of nitrogens with one attached hydrogen (secondary N) is 1. The van der Waals surface area contributed by atoms with E-state index in [0.29, 0.717) is 12.0 Å². The Labute approximate surface area is 129 Å². The van der Waals surface area contributed by atoms with E-state index in [4.69, 9.17) is 5.84 Å².